The molecular formula is C12H25NO2S. The zero-order valence-electron chi connectivity index (χ0n) is 10.9. The minimum Gasteiger partial charge on any atom is -0.480 e. The molecule has 4 heteroatoms. The molecule has 0 spiro atoms. The van der Waals surface area contributed by atoms with E-state index >= 15 is 0 Å². The molecule has 0 fully saturated rings. The molecule has 0 heterocycles. The van der Waals surface area contributed by atoms with Gasteiger partial charge in [0.05, 0.1) is 0 Å². The van der Waals surface area contributed by atoms with Gasteiger partial charge in [-0.3, -0.25) is 4.79 Å². The summed E-state index contributed by atoms with van der Waals surface area (Å²) < 4.78 is 0. The summed E-state index contributed by atoms with van der Waals surface area (Å²) in [6.45, 7) is 8.95. The van der Waals surface area contributed by atoms with Crippen molar-refractivity contribution in [3.05, 3.63) is 0 Å². The van der Waals surface area contributed by atoms with Crippen LogP contribution in [-0.4, -0.2) is 34.7 Å². The van der Waals surface area contributed by atoms with Crippen LogP contribution in [0.25, 0.3) is 0 Å². The number of carboxylic acid groups (broad SMARTS) is 1. The van der Waals surface area contributed by atoms with Gasteiger partial charge in [-0.25, -0.2) is 0 Å². The fraction of sp³-hybridized carbons (Fsp3) is 0.917. The second-order valence-electron chi connectivity index (χ2n) is 4.80. The molecule has 0 saturated carbocycles. The molecule has 16 heavy (non-hydrogen) atoms. The highest BCUT2D eigenvalue weighted by Gasteiger charge is 2.31. The number of hydrogen-bond donors (Lipinski definition) is 2. The minimum atomic E-state index is -0.780. The lowest BCUT2D eigenvalue weighted by molar-refractivity contribution is -0.143. The lowest BCUT2D eigenvalue weighted by atomic mass is 10.1. The summed E-state index contributed by atoms with van der Waals surface area (Å²) in [4.78, 5) is 11.2. The Labute approximate surface area is 103 Å². The third kappa shape index (κ3) is 6.38. The van der Waals surface area contributed by atoms with Crippen LogP contribution in [-0.2, 0) is 4.79 Å². The number of rotatable bonds is 9. The molecule has 0 aliphatic carbocycles. The Morgan fingerprint density at radius 1 is 1.50 bits per heavy atom. The fourth-order valence-corrected chi connectivity index (χ4v) is 2.60. The summed E-state index contributed by atoms with van der Waals surface area (Å²) in [5, 5.41) is 12.3. The predicted octanol–water partition coefficient (Wildman–Crippen LogP) is 2.61. The standard InChI is InChI=1S/C12H25NO2S/c1-5-7-13-12(4,11(14)15)9-16-8-6-10(2)3/h10,13H,5-9H2,1-4H3,(H,14,15). The second kappa shape index (κ2) is 7.96. The molecule has 0 amide bonds. The van der Waals surface area contributed by atoms with E-state index in [1.54, 1.807) is 18.7 Å². The Morgan fingerprint density at radius 2 is 2.12 bits per heavy atom. The number of carboxylic acids is 1. The molecule has 96 valence electrons. The van der Waals surface area contributed by atoms with Gasteiger partial charge in [0, 0.05) is 5.75 Å². The molecule has 1 atom stereocenters. The van der Waals surface area contributed by atoms with Crippen molar-refractivity contribution in [1.82, 2.24) is 5.32 Å². The number of nitrogens with one attached hydrogen (secondary N) is 1. The maximum Gasteiger partial charge on any atom is 0.324 e. The first-order valence-electron chi connectivity index (χ1n) is 5.98. The van der Waals surface area contributed by atoms with Crippen LogP contribution in [0.1, 0.15) is 40.5 Å². The van der Waals surface area contributed by atoms with E-state index in [9.17, 15) is 9.90 Å². The molecule has 0 saturated heterocycles. The number of carbonyl (C=O) groups is 1. The van der Waals surface area contributed by atoms with Gasteiger partial charge in [-0.05, 0) is 38.0 Å². The smallest absolute Gasteiger partial charge is 0.324 e. The van der Waals surface area contributed by atoms with Crippen LogP contribution in [0.4, 0.5) is 0 Å². The van der Waals surface area contributed by atoms with Crippen LogP contribution < -0.4 is 5.32 Å². The van der Waals surface area contributed by atoms with Gasteiger partial charge < -0.3 is 10.4 Å². The lowest BCUT2D eigenvalue weighted by Crippen LogP contribution is -2.52. The van der Waals surface area contributed by atoms with Gasteiger partial charge in [0.15, 0.2) is 0 Å². The molecule has 0 radical (unpaired) electrons. The maximum atomic E-state index is 11.2. The average Bonchev–Trinajstić information content (AvgIpc) is 2.21. The molecule has 3 nitrogen and oxygen atoms in total. The molecule has 0 rings (SSSR count). The van der Waals surface area contributed by atoms with Crippen molar-refractivity contribution < 1.29 is 9.90 Å². The van der Waals surface area contributed by atoms with Crippen molar-refractivity contribution in [2.75, 3.05) is 18.1 Å². The van der Waals surface area contributed by atoms with Gasteiger partial charge in [0.1, 0.15) is 5.54 Å². The Morgan fingerprint density at radius 3 is 2.56 bits per heavy atom. The van der Waals surface area contributed by atoms with Gasteiger partial charge >= 0.3 is 5.97 Å². The van der Waals surface area contributed by atoms with Gasteiger partial charge in [-0.15, -0.1) is 0 Å². The van der Waals surface area contributed by atoms with Crippen molar-refractivity contribution in [3.8, 4) is 0 Å². The van der Waals surface area contributed by atoms with Crippen molar-refractivity contribution in [2.45, 2.75) is 46.1 Å². The van der Waals surface area contributed by atoms with Crippen molar-refractivity contribution in [3.63, 3.8) is 0 Å². The number of aliphatic carboxylic acids is 1. The summed E-state index contributed by atoms with van der Waals surface area (Å²) in [7, 11) is 0. The first-order valence-corrected chi connectivity index (χ1v) is 7.14. The summed E-state index contributed by atoms with van der Waals surface area (Å²) in [6, 6.07) is 0. The van der Waals surface area contributed by atoms with Crippen LogP contribution in [0, 0.1) is 5.92 Å². The molecule has 0 aliphatic heterocycles. The molecule has 0 bridgehead atoms. The van der Waals surface area contributed by atoms with Gasteiger partial charge in [0.2, 0.25) is 0 Å². The van der Waals surface area contributed by atoms with Crippen molar-refractivity contribution >= 4 is 17.7 Å². The van der Waals surface area contributed by atoms with Gasteiger partial charge in [-0.2, -0.15) is 11.8 Å². The van der Waals surface area contributed by atoms with E-state index in [0.717, 1.165) is 25.1 Å². The Balaban J connectivity index is 3.98. The van der Waals surface area contributed by atoms with E-state index in [0.29, 0.717) is 11.7 Å². The fourth-order valence-electron chi connectivity index (χ4n) is 1.18. The highest BCUT2D eigenvalue weighted by atomic mass is 32.2. The third-order valence-electron chi connectivity index (χ3n) is 2.47. The van der Waals surface area contributed by atoms with Crippen molar-refractivity contribution in [1.29, 1.82) is 0 Å². The van der Waals surface area contributed by atoms with Crippen LogP contribution in [0.2, 0.25) is 0 Å². The van der Waals surface area contributed by atoms with E-state index in [1.807, 2.05) is 6.92 Å². The maximum absolute atomic E-state index is 11.2. The highest BCUT2D eigenvalue weighted by Crippen LogP contribution is 2.16. The minimum absolute atomic E-state index is 0.634. The normalized spacial score (nSPS) is 15.1. The topological polar surface area (TPSA) is 49.3 Å². The summed E-state index contributed by atoms with van der Waals surface area (Å²) in [5.74, 6) is 1.61. The number of hydrogen-bond acceptors (Lipinski definition) is 3. The first kappa shape index (κ1) is 15.8. The van der Waals surface area contributed by atoms with E-state index in [2.05, 4.69) is 19.2 Å². The van der Waals surface area contributed by atoms with E-state index in [4.69, 9.17) is 0 Å². The predicted molar refractivity (Wildman–Crippen MR) is 71.1 cm³/mol. The Bertz CT molecular complexity index is 209. The van der Waals surface area contributed by atoms with Crippen LogP contribution in [0.5, 0.6) is 0 Å². The van der Waals surface area contributed by atoms with E-state index < -0.39 is 11.5 Å². The summed E-state index contributed by atoms with van der Waals surface area (Å²) in [6.07, 6.45) is 2.10. The zero-order valence-corrected chi connectivity index (χ0v) is 11.7. The first-order chi connectivity index (χ1) is 7.42. The number of thioether (sulfide) groups is 1. The Kier molecular flexibility index (Phi) is 7.85. The molecule has 1 unspecified atom stereocenters. The molecule has 0 aromatic rings. The molecule has 2 N–H and O–H groups in total. The van der Waals surface area contributed by atoms with Gasteiger partial charge in [-0.1, -0.05) is 20.8 Å². The largest absolute Gasteiger partial charge is 0.480 e. The van der Waals surface area contributed by atoms with Crippen molar-refractivity contribution in [2.24, 2.45) is 5.92 Å². The molecular weight excluding hydrogens is 222 g/mol. The second-order valence-corrected chi connectivity index (χ2v) is 5.90. The van der Waals surface area contributed by atoms with E-state index in [1.165, 1.54) is 0 Å². The zero-order chi connectivity index (χ0) is 12.6. The van der Waals surface area contributed by atoms with Gasteiger partial charge in [0.25, 0.3) is 0 Å². The lowest BCUT2D eigenvalue weighted by Gasteiger charge is -2.26. The average molecular weight is 247 g/mol. The van der Waals surface area contributed by atoms with Crippen LogP contribution in [0.15, 0.2) is 0 Å². The SMILES string of the molecule is CCCNC(C)(CSCCC(C)C)C(=O)O. The monoisotopic (exact) mass is 247 g/mol. The van der Waals surface area contributed by atoms with Crippen LogP contribution >= 0.6 is 11.8 Å². The molecule has 0 aromatic carbocycles. The van der Waals surface area contributed by atoms with Crippen LogP contribution in [0.3, 0.4) is 0 Å². The highest BCUT2D eigenvalue weighted by molar-refractivity contribution is 7.99. The molecule has 0 aliphatic rings. The summed E-state index contributed by atoms with van der Waals surface area (Å²) in [5.41, 5.74) is -0.780. The van der Waals surface area contributed by atoms with E-state index in [-0.39, 0.29) is 0 Å². The Hall–Kier alpha value is -0.220. The summed E-state index contributed by atoms with van der Waals surface area (Å²) >= 11 is 1.72. The third-order valence-corrected chi connectivity index (χ3v) is 3.77. The quantitative estimate of drug-likeness (QED) is 0.615. The molecule has 0 aromatic heterocycles.